The van der Waals surface area contributed by atoms with Crippen LogP contribution in [0.4, 0.5) is 5.82 Å². The number of hydrogen-bond acceptors (Lipinski definition) is 5. The normalized spacial score (nSPS) is 33.0. The van der Waals surface area contributed by atoms with E-state index in [-0.39, 0.29) is 6.10 Å². The highest BCUT2D eigenvalue weighted by Crippen LogP contribution is 2.40. The molecule has 1 saturated carbocycles. The minimum atomic E-state index is -0.234. The van der Waals surface area contributed by atoms with E-state index in [4.69, 9.17) is 5.73 Å². The number of fused-ring (bicyclic) bond motifs is 1. The van der Waals surface area contributed by atoms with Crippen molar-refractivity contribution < 1.29 is 5.11 Å². The number of aliphatic hydroxyl groups excluding tert-OH is 1. The van der Waals surface area contributed by atoms with Crippen molar-refractivity contribution in [2.45, 2.75) is 43.9 Å². The number of nitrogens with zero attached hydrogens (tertiary/aromatic N) is 3. The molecule has 2 aliphatic rings. The molecule has 21 heavy (non-hydrogen) atoms. The largest absolute Gasteiger partial charge is 0.393 e. The smallest absolute Gasteiger partial charge is 0.145 e. The Kier molecular flexibility index (Phi) is 3.08. The first kappa shape index (κ1) is 13.0. The lowest BCUT2D eigenvalue weighted by molar-refractivity contribution is 0.113. The lowest BCUT2D eigenvalue weighted by atomic mass is 9.95. The van der Waals surface area contributed by atoms with Gasteiger partial charge in [-0.3, -0.25) is 0 Å². The number of nitrogen functional groups attached to an aromatic ring is 1. The van der Waals surface area contributed by atoms with Crippen molar-refractivity contribution in [3.63, 3.8) is 0 Å². The molecular formula is C15H21N5O. The van der Waals surface area contributed by atoms with Gasteiger partial charge in [0.15, 0.2) is 0 Å². The molecule has 2 aromatic heterocycles. The van der Waals surface area contributed by atoms with E-state index in [1.165, 1.54) is 19.2 Å². The standard InChI is InChI=1S/C15H21N5O/c16-14-10-3-5-20(15(10)19-8-18-14)9-6-11(13(21)7-9)12-2-1-4-17-12/h3,5,8-9,11-13,17,21H,1-2,4,6-7H2,(H2,16,18,19)/t9-,11-,12+,13+/m1/s1. The van der Waals surface area contributed by atoms with Gasteiger partial charge in [-0.05, 0) is 38.3 Å². The van der Waals surface area contributed by atoms with Crippen LogP contribution >= 0.6 is 0 Å². The number of aromatic nitrogens is 3. The number of rotatable bonds is 2. The molecule has 0 spiro atoms. The van der Waals surface area contributed by atoms with Crippen LogP contribution in [0, 0.1) is 5.92 Å². The van der Waals surface area contributed by atoms with Gasteiger partial charge in [0.1, 0.15) is 17.8 Å². The summed E-state index contributed by atoms with van der Waals surface area (Å²) in [6.45, 7) is 1.08. The molecule has 0 unspecified atom stereocenters. The Balaban J connectivity index is 1.63. The van der Waals surface area contributed by atoms with E-state index in [9.17, 15) is 5.11 Å². The maximum atomic E-state index is 10.4. The number of anilines is 1. The maximum absolute atomic E-state index is 10.4. The van der Waals surface area contributed by atoms with Crippen LogP contribution in [0.15, 0.2) is 18.6 Å². The minimum Gasteiger partial charge on any atom is -0.393 e. The number of nitrogens with one attached hydrogen (secondary N) is 1. The van der Waals surface area contributed by atoms with Gasteiger partial charge < -0.3 is 20.7 Å². The van der Waals surface area contributed by atoms with E-state index in [2.05, 4.69) is 19.9 Å². The first-order chi connectivity index (χ1) is 10.2. The van der Waals surface area contributed by atoms with Crippen LogP contribution < -0.4 is 11.1 Å². The van der Waals surface area contributed by atoms with E-state index in [0.29, 0.717) is 23.8 Å². The quantitative estimate of drug-likeness (QED) is 0.769. The summed E-state index contributed by atoms with van der Waals surface area (Å²) < 4.78 is 2.16. The fourth-order valence-electron chi connectivity index (χ4n) is 4.04. The lowest BCUT2D eigenvalue weighted by Gasteiger charge is -2.21. The van der Waals surface area contributed by atoms with Gasteiger partial charge in [0.05, 0.1) is 11.5 Å². The summed E-state index contributed by atoms with van der Waals surface area (Å²) in [5.74, 6) is 0.862. The van der Waals surface area contributed by atoms with E-state index in [1.54, 1.807) is 0 Å². The van der Waals surface area contributed by atoms with Crippen molar-refractivity contribution >= 4 is 16.9 Å². The molecule has 0 bridgehead atoms. The van der Waals surface area contributed by atoms with E-state index in [0.717, 1.165) is 30.4 Å². The Morgan fingerprint density at radius 3 is 3.05 bits per heavy atom. The molecule has 4 rings (SSSR count). The summed E-state index contributed by atoms with van der Waals surface area (Å²) in [5.41, 5.74) is 6.77. The predicted molar refractivity (Wildman–Crippen MR) is 80.7 cm³/mol. The SMILES string of the molecule is Nc1ncnc2c1ccn2[C@@H]1C[C@H]([C@@H]2CCCN2)[C@@H](O)C1. The van der Waals surface area contributed by atoms with Gasteiger partial charge in [-0.15, -0.1) is 0 Å². The van der Waals surface area contributed by atoms with Crippen LogP contribution in [0.5, 0.6) is 0 Å². The third kappa shape index (κ3) is 2.10. The van der Waals surface area contributed by atoms with E-state index >= 15 is 0 Å². The highest BCUT2D eigenvalue weighted by Gasteiger charge is 2.39. The molecular weight excluding hydrogens is 266 g/mol. The molecule has 1 aliphatic heterocycles. The highest BCUT2D eigenvalue weighted by atomic mass is 16.3. The molecule has 0 aromatic carbocycles. The van der Waals surface area contributed by atoms with Gasteiger partial charge in [0.25, 0.3) is 0 Å². The molecule has 2 aromatic rings. The zero-order valence-corrected chi connectivity index (χ0v) is 11.9. The molecule has 2 fully saturated rings. The summed E-state index contributed by atoms with van der Waals surface area (Å²) in [6.07, 6.45) is 7.48. The van der Waals surface area contributed by atoms with Crippen molar-refractivity contribution in [1.82, 2.24) is 19.9 Å². The Hall–Kier alpha value is -1.66. The van der Waals surface area contributed by atoms with Crippen molar-refractivity contribution in [3.05, 3.63) is 18.6 Å². The molecule has 0 radical (unpaired) electrons. The number of hydrogen-bond donors (Lipinski definition) is 3. The average molecular weight is 287 g/mol. The first-order valence-corrected chi connectivity index (χ1v) is 7.72. The summed E-state index contributed by atoms with van der Waals surface area (Å²) >= 11 is 0. The third-order valence-corrected chi connectivity index (χ3v) is 5.10. The molecule has 3 heterocycles. The predicted octanol–water partition coefficient (Wildman–Crippen LogP) is 1.08. The average Bonchev–Trinajstić information content (AvgIpc) is 3.16. The van der Waals surface area contributed by atoms with Crippen LogP contribution in [0.1, 0.15) is 31.7 Å². The van der Waals surface area contributed by atoms with Crippen molar-refractivity contribution in [1.29, 1.82) is 0 Å². The molecule has 6 heteroatoms. The summed E-state index contributed by atoms with van der Waals surface area (Å²) in [7, 11) is 0. The van der Waals surface area contributed by atoms with Gasteiger partial charge in [0, 0.05) is 24.2 Å². The molecule has 1 aliphatic carbocycles. The van der Waals surface area contributed by atoms with Crippen LogP contribution in [-0.4, -0.2) is 38.3 Å². The van der Waals surface area contributed by atoms with Crippen LogP contribution in [0.2, 0.25) is 0 Å². The van der Waals surface area contributed by atoms with Gasteiger partial charge in [-0.25, -0.2) is 9.97 Å². The van der Waals surface area contributed by atoms with Crippen LogP contribution in [0.25, 0.3) is 11.0 Å². The van der Waals surface area contributed by atoms with Gasteiger partial charge in [-0.2, -0.15) is 0 Å². The van der Waals surface area contributed by atoms with Crippen molar-refractivity contribution in [2.75, 3.05) is 12.3 Å². The number of aliphatic hydroxyl groups is 1. The highest BCUT2D eigenvalue weighted by molar-refractivity contribution is 5.86. The van der Waals surface area contributed by atoms with Crippen molar-refractivity contribution in [2.24, 2.45) is 5.92 Å². The van der Waals surface area contributed by atoms with Crippen molar-refractivity contribution in [3.8, 4) is 0 Å². The molecule has 4 atom stereocenters. The van der Waals surface area contributed by atoms with Gasteiger partial charge in [-0.1, -0.05) is 0 Å². The second-order valence-corrected chi connectivity index (χ2v) is 6.28. The molecule has 6 nitrogen and oxygen atoms in total. The Labute approximate surface area is 123 Å². The molecule has 112 valence electrons. The topological polar surface area (TPSA) is 89.0 Å². The zero-order chi connectivity index (χ0) is 14.4. The van der Waals surface area contributed by atoms with Crippen LogP contribution in [-0.2, 0) is 0 Å². The van der Waals surface area contributed by atoms with Gasteiger partial charge >= 0.3 is 0 Å². The van der Waals surface area contributed by atoms with E-state index < -0.39 is 0 Å². The number of nitrogens with two attached hydrogens (primary N) is 1. The Morgan fingerprint density at radius 1 is 1.33 bits per heavy atom. The second-order valence-electron chi connectivity index (χ2n) is 6.28. The lowest BCUT2D eigenvalue weighted by Crippen LogP contribution is -2.34. The first-order valence-electron chi connectivity index (χ1n) is 7.72. The third-order valence-electron chi connectivity index (χ3n) is 5.10. The summed E-state index contributed by atoms with van der Waals surface area (Å²) in [6, 6.07) is 2.73. The van der Waals surface area contributed by atoms with E-state index in [1.807, 2.05) is 12.3 Å². The molecule has 4 N–H and O–H groups in total. The van der Waals surface area contributed by atoms with Gasteiger partial charge in [0.2, 0.25) is 0 Å². The maximum Gasteiger partial charge on any atom is 0.145 e. The second kappa shape index (κ2) is 4.96. The Morgan fingerprint density at radius 2 is 2.24 bits per heavy atom. The fraction of sp³-hybridized carbons (Fsp3) is 0.600. The zero-order valence-electron chi connectivity index (χ0n) is 11.9. The van der Waals surface area contributed by atoms with Crippen LogP contribution in [0.3, 0.4) is 0 Å². The molecule has 0 amide bonds. The summed E-state index contributed by atoms with van der Waals surface area (Å²) in [4.78, 5) is 8.40. The fourth-order valence-corrected chi connectivity index (χ4v) is 4.04. The minimum absolute atomic E-state index is 0.234. The monoisotopic (exact) mass is 287 g/mol. The molecule has 1 saturated heterocycles. The summed E-state index contributed by atoms with van der Waals surface area (Å²) in [5, 5.41) is 14.9. The Bertz CT molecular complexity index is 649.